The molecule has 0 radical (unpaired) electrons. The van der Waals surface area contributed by atoms with Gasteiger partial charge in [-0.15, -0.1) is 0 Å². The average Bonchev–Trinajstić information content (AvgIpc) is 3.46. The van der Waals surface area contributed by atoms with E-state index in [1.165, 1.54) is 12.4 Å². The number of H-pyrrole nitrogens is 2. The van der Waals surface area contributed by atoms with Crippen molar-refractivity contribution in [3.63, 3.8) is 0 Å². The number of fused-ring (bicyclic) bond motifs is 8. The molecule has 8 nitrogen and oxygen atoms in total. The summed E-state index contributed by atoms with van der Waals surface area (Å²) in [7, 11) is 0. The van der Waals surface area contributed by atoms with Crippen LogP contribution in [0.25, 0.3) is 21.9 Å². The van der Waals surface area contributed by atoms with E-state index in [4.69, 9.17) is 4.74 Å². The molecule has 0 saturated heterocycles. The Balaban J connectivity index is 1.53. The number of imidazole rings is 1. The molecule has 8 heteroatoms. The van der Waals surface area contributed by atoms with Crippen molar-refractivity contribution < 1.29 is 19.1 Å². The molecule has 0 atom stereocenters. The van der Waals surface area contributed by atoms with E-state index in [0.717, 1.165) is 5.56 Å². The molecule has 1 aliphatic heterocycles. The summed E-state index contributed by atoms with van der Waals surface area (Å²) in [5.41, 5.74) is 4.12. The predicted octanol–water partition coefficient (Wildman–Crippen LogP) is 2.77. The summed E-state index contributed by atoms with van der Waals surface area (Å²) in [5, 5.41) is 3.22. The second kappa shape index (κ2) is 5.90. The molecule has 0 spiro atoms. The van der Waals surface area contributed by atoms with Crippen molar-refractivity contribution in [2.24, 2.45) is 0 Å². The van der Waals surface area contributed by atoms with Crippen LogP contribution >= 0.6 is 0 Å². The smallest absolute Gasteiger partial charge is 0.252 e. The molecular weight excluding hydrogens is 384 g/mol. The van der Waals surface area contributed by atoms with E-state index in [9.17, 15) is 14.4 Å². The van der Waals surface area contributed by atoms with E-state index < -0.39 is 5.78 Å². The second-order valence-electron chi connectivity index (χ2n) is 7.26. The molecule has 3 heterocycles. The van der Waals surface area contributed by atoms with Gasteiger partial charge in [-0.3, -0.25) is 14.4 Å². The number of aromatic amines is 2. The molecule has 1 aliphatic carbocycles. The van der Waals surface area contributed by atoms with Gasteiger partial charge in [0.25, 0.3) is 5.91 Å². The Morgan fingerprint density at radius 3 is 2.70 bits per heavy atom. The molecule has 0 bridgehead atoms. The molecule has 146 valence electrons. The fourth-order valence-corrected chi connectivity index (χ4v) is 4.23. The first kappa shape index (κ1) is 16.7. The Morgan fingerprint density at radius 1 is 1.03 bits per heavy atom. The second-order valence-corrected chi connectivity index (χ2v) is 7.26. The summed E-state index contributed by atoms with van der Waals surface area (Å²) in [6.07, 6.45) is 2.73. The largest absolute Gasteiger partial charge is 0.485 e. The summed E-state index contributed by atoms with van der Waals surface area (Å²) in [6, 6.07) is 9.38. The summed E-state index contributed by atoms with van der Waals surface area (Å²) in [5.74, 6) is -1.12. The zero-order chi connectivity index (χ0) is 20.4. The highest BCUT2D eigenvalue weighted by atomic mass is 16.5. The number of ketones is 2. The van der Waals surface area contributed by atoms with Gasteiger partial charge in [0.1, 0.15) is 6.61 Å². The maximum Gasteiger partial charge on any atom is 0.252 e. The lowest BCUT2D eigenvalue weighted by Crippen LogP contribution is -2.19. The van der Waals surface area contributed by atoms with Gasteiger partial charge in [-0.05, 0) is 5.56 Å². The normalized spacial score (nSPS) is 15.3. The van der Waals surface area contributed by atoms with Crippen LogP contribution < -0.4 is 5.32 Å². The number of carbonyl (C=O) groups excluding carboxylic acids is 3. The van der Waals surface area contributed by atoms with Gasteiger partial charge < -0.3 is 20.0 Å². The van der Waals surface area contributed by atoms with Gasteiger partial charge in [-0.1, -0.05) is 30.3 Å². The van der Waals surface area contributed by atoms with Gasteiger partial charge in [-0.2, -0.15) is 0 Å². The highest BCUT2D eigenvalue weighted by Crippen LogP contribution is 2.39. The van der Waals surface area contributed by atoms with Crippen molar-refractivity contribution in [3.05, 3.63) is 76.4 Å². The maximum atomic E-state index is 13.3. The van der Waals surface area contributed by atoms with E-state index in [1.807, 2.05) is 30.3 Å². The van der Waals surface area contributed by atoms with E-state index >= 15 is 0 Å². The van der Waals surface area contributed by atoms with E-state index in [-0.39, 0.29) is 35.3 Å². The van der Waals surface area contributed by atoms with Gasteiger partial charge in [-0.25, -0.2) is 4.98 Å². The Hall–Kier alpha value is -4.20. The van der Waals surface area contributed by atoms with Crippen LogP contribution in [0.4, 0.5) is 0 Å². The summed E-state index contributed by atoms with van der Waals surface area (Å²) < 4.78 is 5.70. The number of ether oxygens (including phenoxy) is 1. The SMILES string of the molecule is O=C1C=C(OCc2ccccc2)C(=O)c2c1[nH]c1c2c2c(c3nc[nH]c31)CNC2=O. The lowest BCUT2D eigenvalue weighted by atomic mass is 9.93. The summed E-state index contributed by atoms with van der Waals surface area (Å²) >= 11 is 0. The highest BCUT2D eigenvalue weighted by Gasteiger charge is 2.37. The minimum absolute atomic E-state index is 0.0332. The van der Waals surface area contributed by atoms with Crippen LogP contribution in [0.15, 0.2) is 48.5 Å². The quantitative estimate of drug-likeness (QED) is 0.491. The van der Waals surface area contributed by atoms with E-state index in [0.29, 0.717) is 39.6 Å². The highest BCUT2D eigenvalue weighted by molar-refractivity contribution is 6.33. The van der Waals surface area contributed by atoms with Gasteiger partial charge in [0.05, 0.1) is 39.7 Å². The zero-order valence-electron chi connectivity index (χ0n) is 15.5. The van der Waals surface area contributed by atoms with E-state index in [1.54, 1.807) is 0 Å². The predicted molar refractivity (Wildman–Crippen MR) is 107 cm³/mol. The van der Waals surface area contributed by atoms with Crippen LogP contribution in [0.5, 0.6) is 0 Å². The third kappa shape index (κ3) is 2.15. The number of Topliss-reactive ketones (excluding diaryl/α,β-unsaturated/α-hetero) is 1. The van der Waals surface area contributed by atoms with Gasteiger partial charge in [0, 0.05) is 23.6 Å². The number of aromatic nitrogens is 3. The minimum atomic E-state index is -0.424. The summed E-state index contributed by atoms with van der Waals surface area (Å²) in [4.78, 5) is 49.2. The average molecular weight is 398 g/mol. The first-order valence-electron chi connectivity index (χ1n) is 9.42. The fourth-order valence-electron chi connectivity index (χ4n) is 4.23. The van der Waals surface area contributed by atoms with Gasteiger partial charge >= 0.3 is 0 Å². The molecule has 2 aliphatic rings. The number of hydrogen-bond donors (Lipinski definition) is 3. The molecule has 1 amide bonds. The van der Waals surface area contributed by atoms with Crippen LogP contribution in [-0.4, -0.2) is 32.4 Å². The third-order valence-corrected chi connectivity index (χ3v) is 5.58. The fraction of sp³-hybridized carbons (Fsp3) is 0.0909. The molecule has 0 unspecified atom stereocenters. The number of nitrogens with zero attached hydrogens (tertiary/aromatic N) is 1. The molecule has 30 heavy (non-hydrogen) atoms. The number of carbonyl (C=O) groups is 3. The Labute approximate surface area is 168 Å². The van der Waals surface area contributed by atoms with Crippen LogP contribution in [0, 0.1) is 0 Å². The van der Waals surface area contributed by atoms with Crippen molar-refractivity contribution in [1.29, 1.82) is 0 Å². The molecule has 4 aromatic rings. The van der Waals surface area contributed by atoms with Crippen molar-refractivity contribution >= 4 is 39.4 Å². The molecule has 2 aromatic carbocycles. The number of amides is 1. The lowest BCUT2D eigenvalue weighted by molar-refractivity contribution is 0.0870. The van der Waals surface area contributed by atoms with Crippen LogP contribution in [-0.2, 0) is 17.9 Å². The minimum Gasteiger partial charge on any atom is -0.485 e. The lowest BCUT2D eigenvalue weighted by Gasteiger charge is -2.14. The Morgan fingerprint density at radius 2 is 1.87 bits per heavy atom. The monoisotopic (exact) mass is 398 g/mol. The Bertz CT molecular complexity index is 1440. The number of nitrogens with one attached hydrogen (secondary N) is 3. The van der Waals surface area contributed by atoms with Crippen molar-refractivity contribution in [2.45, 2.75) is 13.2 Å². The topological polar surface area (TPSA) is 117 Å². The third-order valence-electron chi connectivity index (χ3n) is 5.58. The van der Waals surface area contributed by atoms with Crippen molar-refractivity contribution in [2.75, 3.05) is 0 Å². The number of allylic oxidation sites excluding steroid dienone is 2. The Kier molecular flexibility index (Phi) is 3.29. The maximum absolute atomic E-state index is 13.3. The first-order valence-corrected chi connectivity index (χ1v) is 9.42. The molecule has 2 aromatic heterocycles. The molecule has 0 fully saturated rings. The zero-order valence-corrected chi connectivity index (χ0v) is 15.5. The van der Waals surface area contributed by atoms with Crippen molar-refractivity contribution in [3.8, 4) is 0 Å². The standard InChI is InChI=1S/C22H14N4O4/c27-12-6-13(30-8-10-4-2-1-3-5-10)21(28)16-15-14-11(7-23-22(14)29)17-20(25-9-24-17)19(15)26-18(12)16/h1-6,9,26H,7-8H2,(H,23,29)(H,24,25). The number of hydrogen-bond acceptors (Lipinski definition) is 5. The van der Waals surface area contributed by atoms with Gasteiger partial charge in [0.2, 0.25) is 11.6 Å². The first-order chi connectivity index (χ1) is 14.6. The number of rotatable bonds is 3. The molecule has 3 N–H and O–H groups in total. The van der Waals surface area contributed by atoms with Crippen LogP contribution in [0.3, 0.4) is 0 Å². The van der Waals surface area contributed by atoms with Gasteiger partial charge in [0.15, 0.2) is 5.76 Å². The molecule has 0 saturated carbocycles. The van der Waals surface area contributed by atoms with Crippen LogP contribution in [0.1, 0.15) is 42.3 Å². The molecule has 6 rings (SSSR count). The molecular formula is C22H14N4O4. The van der Waals surface area contributed by atoms with Crippen molar-refractivity contribution in [1.82, 2.24) is 20.3 Å². The van der Waals surface area contributed by atoms with Crippen LogP contribution in [0.2, 0.25) is 0 Å². The summed E-state index contributed by atoms with van der Waals surface area (Å²) in [6.45, 7) is 0.480. The van der Waals surface area contributed by atoms with E-state index in [2.05, 4.69) is 20.3 Å². The number of benzene rings is 2.